The van der Waals surface area contributed by atoms with Gasteiger partial charge in [-0.2, -0.15) is 5.10 Å². The third kappa shape index (κ3) is 2.98. The van der Waals surface area contributed by atoms with Crippen molar-refractivity contribution < 1.29 is 19.1 Å². The molecule has 1 saturated heterocycles. The maximum atomic E-state index is 12.7. The van der Waals surface area contributed by atoms with E-state index in [-0.39, 0.29) is 18.6 Å². The normalized spacial score (nSPS) is 18.5. The molecular weight excluding hydrogens is 336 g/mol. The van der Waals surface area contributed by atoms with Crippen molar-refractivity contribution in [2.45, 2.75) is 32.4 Å². The molecule has 0 bridgehead atoms. The standard InChI is InChI=1S/C18H20N4O4/c1-11-7-16(21(2)20-11)19-18(24)13-4-6-17(23)22(13)9-12-3-5-14-15(8-12)26-10-25-14/h3,5,7-8,13H,4,6,9-10H2,1-2H3,(H,19,24). The highest BCUT2D eigenvalue weighted by Crippen LogP contribution is 2.33. The summed E-state index contributed by atoms with van der Waals surface area (Å²) in [6, 6.07) is 6.87. The van der Waals surface area contributed by atoms with Gasteiger partial charge in [0.2, 0.25) is 18.6 Å². The van der Waals surface area contributed by atoms with Crippen molar-refractivity contribution in [3.05, 3.63) is 35.5 Å². The number of benzene rings is 1. The fourth-order valence-corrected chi connectivity index (χ4v) is 3.38. The van der Waals surface area contributed by atoms with Crippen LogP contribution < -0.4 is 14.8 Å². The van der Waals surface area contributed by atoms with Crippen LogP contribution >= 0.6 is 0 Å². The number of carbonyl (C=O) groups excluding carboxylic acids is 2. The molecule has 1 fully saturated rings. The first-order valence-electron chi connectivity index (χ1n) is 8.51. The maximum absolute atomic E-state index is 12.7. The molecule has 2 aliphatic rings. The van der Waals surface area contributed by atoms with Gasteiger partial charge in [0, 0.05) is 26.1 Å². The van der Waals surface area contributed by atoms with Crippen LogP contribution in [0.3, 0.4) is 0 Å². The van der Waals surface area contributed by atoms with Gasteiger partial charge >= 0.3 is 0 Å². The van der Waals surface area contributed by atoms with Crippen molar-refractivity contribution in [2.75, 3.05) is 12.1 Å². The molecule has 0 aliphatic carbocycles. The van der Waals surface area contributed by atoms with E-state index in [1.54, 1.807) is 22.7 Å². The topological polar surface area (TPSA) is 85.7 Å². The molecule has 0 spiro atoms. The van der Waals surface area contributed by atoms with Gasteiger partial charge < -0.3 is 19.7 Å². The summed E-state index contributed by atoms with van der Waals surface area (Å²) in [6.07, 6.45) is 0.874. The van der Waals surface area contributed by atoms with Crippen LogP contribution in [0, 0.1) is 6.92 Å². The number of hydrogen-bond acceptors (Lipinski definition) is 5. The number of nitrogens with zero attached hydrogens (tertiary/aromatic N) is 3. The highest BCUT2D eigenvalue weighted by Gasteiger charge is 2.36. The Hall–Kier alpha value is -3.03. The summed E-state index contributed by atoms with van der Waals surface area (Å²) in [4.78, 5) is 26.7. The summed E-state index contributed by atoms with van der Waals surface area (Å²) in [5.74, 6) is 1.77. The van der Waals surface area contributed by atoms with E-state index in [2.05, 4.69) is 10.4 Å². The number of aryl methyl sites for hydroxylation is 2. The van der Waals surface area contributed by atoms with Crippen molar-refractivity contribution in [1.29, 1.82) is 0 Å². The number of anilines is 1. The van der Waals surface area contributed by atoms with E-state index in [1.165, 1.54) is 0 Å². The van der Waals surface area contributed by atoms with Crippen LogP contribution in [0.5, 0.6) is 11.5 Å². The van der Waals surface area contributed by atoms with E-state index in [0.29, 0.717) is 36.7 Å². The van der Waals surface area contributed by atoms with Crippen LogP contribution in [0.15, 0.2) is 24.3 Å². The lowest BCUT2D eigenvalue weighted by atomic mass is 10.1. The van der Waals surface area contributed by atoms with Crippen LogP contribution in [-0.4, -0.2) is 39.3 Å². The molecule has 136 valence electrons. The number of hydrogen-bond donors (Lipinski definition) is 1. The molecule has 4 rings (SSSR count). The minimum Gasteiger partial charge on any atom is -0.454 e. The average molecular weight is 356 g/mol. The van der Waals surface area contributed by atoms with Crippen LogP contribution in [0.25, 0.3) is 0 Å². The van der Waals surface area contributed by atoms with Crippen LogP contribution in [0.4, 0.5) is 5.82 Å². The number of amides is 2. The van der Waals surface area contributed by atoms with Crippen molar-refractivity contribution in [2.24, 2.45) is 7.05 Å². The molecular formula is C18H20N4O4. The Morgan fingerprint density at radius 1 is 1.31 bits per heavy atom. The van der Waals surface area contributed by atoms with Crippen molar-refractivity contribution in [1.82, 2.24) is 14.7 Å². The highest BCUT2D eigenvalue weighted by atomic mass is 16.7. The first kappa shape index (κ1) is 16.4. The van der Waals surface area contributed by atoms with Gasteiger partial charge in [-0.1, -0.05) is 6.07 Å². The summed E-state index contributed by atoms with van der Waals surface area (Å²) in [7, 11) is 1.77. The zero-order valence-corrected chi connectivity index (χ0v) is 14.7. The molecule has 2 amide bonds. The first-order valence-corrected chi connectivity index (χ1v) is 8.51. The second-order valence-electron chi connectivity index (χ2n) is 6.55. The van der Waals surface area contributed by atoms with Gasteiger partial charge in [-0.05, 0) is 31.0 Å². The number of rotatable bonds is 4. The van der Waals surface area contributed by atoms with E-state index in [9.17, 15) is 9.59 Å². The molecule has 1 N–H and O–H groups in total. The van der Waals surface area contributed by atoms with E-state index >= 15 is 0 Å². The molecule has 0 saturated carbocycles. The lowest BCUT2D eigenvalue weighted by molar-refractivity contribution is -0.133. The number of fused-ring (bicyclic) bond motifs is 1. The summed E-state index contributed by atoms with van der Waals surface area (Å²) >= 11 is 0. The van der Waals surface area contributed by atoms with E-state index in [0.717, 1.165) is 11.3 Å². The third-order valence-corrected chi connectivity index (χ3v) is 4.67. The Morgan fingerprint density at radius 3 is 2.88 bits per heavy atom. The van der Waals surface area contributed by atoms with Crippen LogP contribution in [-0.2, 0) is 23.2 Å². The maximum Gasteiger partial charge on any atom is 0.248 e. The molecule has 1 aromatic heterocycles. The van der Waals surface area contributed by atoms with Gasteiger partial charge in [0.15, 0.2) is 11.5 Å². The number of aromatic nitrogens is 2. The molecule has 0 radical (unpaired) electrons. The summed E-state index contributed by atoms with van der Waals surface area (Å²) in [5.41, 5.74) is 1.72. The Bertz CT molecular complexity index is 876. The minimum absolute atomic E-state index is 0.0241. The van der Waals surface area contributed by atoms with Gasteiger partial charge in [-0.3, -0.25) is 14.3 Å². The lowest BCUT2D eigenvalue weighted by Crippen LogP contribution is -2.41. The predicted octanol–water partition coefficient (Wildman–Crippen LogP) is 1.59. The van der Waals surface area contributed by atoms with Gasteiger partial charge in [-0.15, -0.1) is 0 Å². The summed E-state index contributed by atoms with van der Waals surface area (Å²) in [5, 5.41) is 7.10. The lowest BCUT2D eigenvalue weighted by Gasteiger charge is -2.24. The zero-order valence-electron chi connectivity index (χ0n) is 14.7. The van der Waals surface area contributed by atoms with Crippen molar-refractivity contribution >= 4 is 17.6 Å². The van der Waals surface area contributed by atoms with E-state index < -0.39 is 6.04 Å². The predicted molar refractivity (Wildman–Crippen MR) is 92.7 cm³/mol. The summed E-state index contributed by atoms with van der Waals surface area (Å²) in [6.45, 7) is 2.43. The largest absolute Gasteiger partial charge is 0.454 e. The highest BCUT2D eigenvalue weighted by molar-refractivity contribution is 5.98. The molecule has 2 aromatic rings. The van der Waals surface area contributed by atoms with Gasteiger partial charge in [-0.25, -0.2) is 0 Å². The molecule has 1 aromatic carbocycles. The number of ether oxygens (including phenoxy) is 2. The SMILES string of the molecule is Cc1cc(NC(=O)C2CCC(=O)N2Cc2ccc3c(c2)OCO3)n(C)n1. The van der Waals surface area contributed by atoms with Crippen LogP contribution in [0.1, 0.15) is 24.1 Å². The summed E-state index contributed by atoms with van der Waals surface area (Å²) < 4.78 is 12.3. The average Bonchev–Trinajstić information content (AvgIpc) is 3.28. The third-order valence-electron chi connectivity index (χ3n) is 4.67. The number of likely N-dealkylation sites (tertiary alicyclic amines) is 1. The molecule has 8 heteroatoms. The van der Waals surface area contributed by atoms with Crippen molar-refractivity contribution in [3.63, 3.8) is 0 Å². The smallest absolute Gasteiger partial charge is 0.248 e. The van der Waals surface area contributed by atoms with E-state index in [1.807, 2.05) is 25.1 Å². The monoisotopic (exact) mass is 356 g/mol. The Kier molecular flexibility index (Phi) is 4.02. The molecule has 8 nitrogen and oxygen atoms in total. The molecule has 1 atom stereocenters. The fourth-order valence-electron chi connectivity index (χ4n) is 3.38. The second kappa shape index (κ2) is 6.36. The van der Waals surface area contributed by atoms with Crippen molar-refractivity contribution in [3.8, 4) is 11.5 Å². The molecule has 26 heavy (non-hydrogen) atoms. The second-order valence-corrected chi connectivity index (χ2v) is 6.55. The minimum atomic E-state index is -0.497. The Balaban J connectivity index is 1.50. The molecule has 3 heterocycles. The molecule has 2 aliphatic heterocycles. The van der Waals surface area contributed by atoms with E-state index in [4.69, 9.17) is 9.47 Å². The zero-order chi connectivity index (χ0) is 18.3. The quantitative estimate of drug-likeness (QED) is 0.899. The number of carbonyl (C=O) groups is 2. The van der Waals surface area contributed by atoms with Crippen LogP contribution in [0.2, 0.25) is 0 Å². The Labute approximate surface area is 150 Å². The van der Waals surface area contributed by atoms with Gasteiger partial charge in [0.1, 0.15) is 11.9 Å². The van der Waals surface area contributed by atoms with Gasteiger partial charge in [0.05, 0.1) is 5.69 Å². The fraction of sp³-hybridized carbons (Fsp3) is 0.389. The number of nitrogens with one attached hydrogen (secondary N) is 1. The molecule has 1 unspecified atom stereocenters. The van der Waals surface area contributed by atoms with Gasteiger partial charge in [0.25, 0.3) is 0 Å². The first-order chi connectivity index (χ1) is 12.5. The Morgan fingerprint density at radius 2 is 2.12 bits per heavy atom.